The van der Waals surface area contributed by atoms with Gasteiger partial charge in [-0.05, 0) is 20.8 Å². The minimum Gasteiger partial charge on any atom is -0.462 e. The van der Waals surface area contributed by atoms with E-state index >= 15 is 0 Å². The van der Waals surface area contributed by atoms with Crippen molar-refractivity contribution >= 4 is 13.6 Å². The number of rotatable bonds is 8. The molecule has 6 nitrogen and oxygen atoms in total. The molecule has 0 aliphatic rings. The van der Waals surface area contributed by atoms with Crippen LogP contribution < -0.4 is 0 Å². The number of carbonyl (C=O) groups is 1. The summed E-state index contributed by atoms with van der Waals surface area (Å²) in [5.74, 6) is -0.743. The Labute approximate surface area is 95.4 Å². The van der Waals surface area contributed by atoms with Gasteiger partial charge >= 0.3 is 13.6 Å². The fourth-order valence-electron chi connectivity index (χ4n) is 0.915. The van der Waals surface area contributed by atoms with Crippen molar-refractivity contribution in [3.05, 3.63) is 6.92 Å². The maximum Gasteiger partial charge on any atom is 0.341 e. The van der Waals surface area contributed by atoms with Gasteiger partial charge in [0.15, 0.2) is 0 Å². The minimum atomic E-state index is -3.41. The fourth-order valence-corrected chi connectivity index (χ4v) is 2.37. The molecule has 1 unspecified atom stereocenters. The Balaban J connectivity index is 4.18. The molecule has 95 valence electrons. The second-order valence-corrected chi connectivity index (χ2v) is 5.00. The van der Waals surface area contributed by atoms with E-state index in [0.717, 1.165) is 0 Å². The molecule has 1 atom stereocenters. The van der Waals surface area contributed by atoms with E-state index in [1.165, 1.54) is 0 Å². The van der Waals surface area contributed by atoms with Crippen LogP contribution in [0.25, 0.3) is 0 Å². The van der Waals surface area contributed by atoms with E-state index in [0.29, 0.717) is 0 Å². The van der Waals surface area contributed by atoms with Crippen molar-refractivity contribution in [1.82, 2.24) is 0 Å². The molecule has 7 heteroatoms. The molecule has 0 fully saturated rings. The maximum atomic E-state index is 11.8. The van der Waals surface area contributed by atoms with Gasteiger partial charge in [-0.2, -0.15) is 0 Å². The van der Waals surface area contributed by atoms with Gasteiger partial charge in [0.1, 0.15) is 12.8 Å². The minimum absolute atomic E-state index is 0.183. The van der Waals surface area contributed by atoms with Crippen LogP contribution in [-0.2, 0) is 23.1 Å². The van der Waals surface area contributed by atoms with Gasteiger partial charge in [0.25, 0.3) is 0 Å². The van der Waals surface area contributed by atoms with Crippen LogP contribution in [0.15, 0.2) is 0 Å². The van der Waals surface area contributed by atoms with E-state index in [9.17, 15) is 9.36 Å². The lowest BCUT2D eigenvalue weighted by atomic mass is 10.4. The molecule has 0 aromatic carbocycles. The summed E-state index contributed by atoms with van der Waals surface area (Å²) in [6.45, 7) is 6.65. The van der Waals surface area contributed by atoms with Crippen molar-refractivity contribution in [2.24, 2.45) is 0 Å². The van der Waals surface area contributed by atoms with Crippen LogP contribution in [0.1, 0.15) is 13.8 Å². The Hall–Kier alpha value is -0.420. The number of carbonyl (C=O) groups excluding carboxylic acids is 1. The van der Waals surface area contributed by atoms with Crippen molar-refractivity contribution in [3.8, 4) is 0 Å². The smallest absolute Gasteiger partial charge is 0.341 e. The molecule has 0 aliphatic carbocycles. The van der Waals surface area contributed by atoms with Crippen molar-refractivity contribution in [3.63, 3.8) is 0 Å². The summed E-state index contributed by atoms with van der Waals surface area (Å²) < 4.78 is 26.3. The summed E-state index contributed by atoms with van der Waals surface area (Å²) in [5, 5.41) is 8.79. The molecule has 0 heterocycles. The van der Waals surface area contributed by atoms with Crippen molar-refractivity contribution < 1.29 is 28.3 Å². The maximum absolute atomic E-state index is 11.8. The third-order valence-electron chi connectivity index (χ3n) is 1.41. The summed E-state index contributed by atoms with van der Waals surface area (Å²) in [6, 6.07) is 0. The second kappa shape index (κ2) is 7.79. The van der Waals surface area contributed by atoms with E-state index in [4.69, 9.17) is 14.2 Å². The molecule has 0 aromatic heterocycles. The van der Waals surface area contributed by atoms with Gasteiger partial charge in [-0.15, -0.1) is 0 Å². The quantitative estimate of drug-likeness (QED) is 0.513. The standard InChI is InChI=1S/C9H18O6P/c1-4-14-16(12,15-5-2)7-9(11)13-6-8(3)10/h8,10H,3-7H2,1-2H3. The summed E-state index contributed by atoms with van der Waals surface area (Å²) >= 11 is 0. The van der Waals surface area contributed by atoms with E-state index in [1.807, 2.05) is 0 Å². The first-order chi connectivity index (χ1) is 7.43. The number of hydrogen-bond donors (Lipinski definition) is 1. The third kappa shape index (κ3) is 6.95. The van der Waals surface area contributed by atoms with Gasteiger partial charge in [0, 0.05) is 0 Å². The van der Waals surface area contributed by atoms with Gasteiger partial charge in [-0.25, -0.2) is 0 Å². The first-order valence-electron chi connectivity index (χ1n) is 4.98. The van der Waals surface area contributed by atoms with Crippen LogP contribution >= 0.6 is 7.60 Å². The van der Waals surface area contributed by atoms with Crippen LogP contribution in [0.3, 0.4) is 0 Å². The average molecular weight is 253 g/mol. The van der Waals surface area contributed by atoms with Crippen molar-refractivity contribution in [1.29, 1.82) is 0 Å². The highest BCUT2D eigenvalue weighted by molar-refractivity contribution is 7.54. The third-order valence-corrected chi connectivity index (χ3v) is 3.36. The van der Waals surface area contributed by atoms with Crippen molar-refractivity contribution in [2.45, 2.75) is 20.0 Å². The lowest BCUT2D eigenvalue weighted by Crippen LogP contribution is -2.19. The number of ether oxygens (including phenoxy) is 1. The fraction of sp³-hybridized carbons (Fsp3) is 0.778. The van der Waals surface area contributed by atoms with Crippen LogP contribution in [0.5, 0.6) is 0 Å². The van der Waals surface area contributed by atoms with Gasteiger partial charge in [-0.1, -0.05) is 0 Å². The predicted molar refractivity (Wildman–Crippen MR) is 58.0 cm³/mol. The normalized spacial score (nSPS) is 13.5. The largest absolute Gasteiger partial charge is 0.462 e. The van der Waals surface area contributed by atoms with Crippen molar-refractivity contribution in [2.75, 3.05) is 26.0 Å². The summed E-state index contributed by atoms with van der Waals surface area (Å²) in [4.78, 5) is 11.2. The first kappa shape index (κ1) is 15.6. The van der Waals surface area contributed by atoms with E-state index in [1.54, 1.807) is 13.8 Å². The van der Waals surface area contributed by atoms with Gasteiger partial charge in [0.05, 0.1) is 19.3 Å². The highest BCUT2D eigenvalue weighted by Gasteiger charge is 2.28. The Morgan fingerprint density at radius 1 is 1.38 bits per heavy atom. The van der Waals surface area contributed by atoms with Gasteiger partial charge in [-0.3, -0.25) is 9.36 Å². The highest BCUT2D eigenvalue weighted by atomic mass is 31.2. The van der Waals surface area contributed by atoms with Gasteiger partial charge < -0.3 is 18.9 Å². The Kier molecular flexibility index (Phi) is 7.58. The molecule has 0 aromatic rings. The molecule has 1 radical (unpaired) electrons. The molecular formula is C9H18O6P. The average Bonchev–Trinajstić information content (AvgIpc) is 2.15. The SMILES string of the molecule is [CH2]C(O)COC(=O)CP(=O)(OCC)OCC. The second-order valence-electron chi connectivity index (χ2n) is 2.94. The van der Waals surface area contributed by atoms with E-state index in [-0.39, 0.29) is 19.8 Å². The number of aliphatic hydroxyl groups excluding tert-OH is 1. The van der Waals surface area contributed by atoms with Crippen LogP contribution in [-0.4, -0.2) is 43.2 Å². The molecule has 16 heavy (non-hydrogen) atoms. The predicted octanol–water partition coefficient (Wildman–Crippen LogP) is 0.991. The lowest BCUT2D eigenvalue weighted by molar-refractivity contribution is -0.143. The molecule has 1 N–H and O–H groups in total. The van der Waals surface area contributed by atoms with Gasteiger partial charge in [0.2, 0.25) is 0 Å². The van der Waals surface area contributed by atoms with E-state index in [2.05, 4.69) is 11.7 Å². The number of esters is 1. The number of aliphatic hydroxyl groups is 1. The van der Waals surface area contributed by atoms with Crippen LogP contribution in [0, 0.1) is 6.92 Å². The lowest BCUT2D eigenvalue weighted by Gasteiger charge is -2.16. The Morgan fingerprint density at radius 3 is 2.25 bits per heavy atom. The zero-order valence-electron chi connectivity index (χ0n) is 9.55. The molecule has 0 saturated heterocycles. The van der Waals surface area contributed by atoms with Crippen LogP contribution in [0.2, 0.25) is 0 Å². The zero-order valence-corrected chi connectivity index (χ0v) is 10.4. The molecule has 0 spiro atoms. The molecular weight excluding hydrogens is 235 g/mol. The molecule has 0 bridgehead atoms. The summed E-state index contributed by atoms with van der Waals surface area (Å²) in [6.07, 6.45) is -1.45. The molecule has 0 amide bonds. The molecule has 0 rings (SSSR count). The molecule has 0 saturated carbocycles. The summed E-state index contributed by atoms with van der Waals surface area (Å²) in [7, 11) is -3.41. The topological polar surface area (TPSA) is 82.1 Å². The molecule has 0 aliphatic heterocycles. The Bertz CT molecular complexity index is 242. The van der Waals surface area contributed by atoms with Crippen LogP contribution in [0.4, 0.5) is 0 Å². The first-order valence-corrected chi connectivity index (χ1v) is 6.71. The monoisotopic (exact) mass is 253 g/mol. The highest BCUT2D eigenvalue weighted by Crippen LogP contribution is 2.47. The Morgan fingerprint density at radius 2 is 1.88 bits per heavy atom. The zero-order chi connectivity index (χ0) is 12.6. The van der Waals surface area contributed by atoms with E-state index < -0.39 is 25.8 Å². The number of hydrogen-bond acceptors (Lipinski definition) is 6. The summed E-state index contributed by atoms with van der Waals surface area (Å²) in [5.41, 5.74) is 0.